The van der Waals surface area contributed by atoms with Gasteiger partial charge in [0.15, 0.2) is 0 Å². The normalized spacial score (nSPS) is 20.1. The summed E-state index contributed by atoms with van der Waals surface area (Å²) < 4.78 is 0. The zero-order valence-electron chi connectivity index (χ0n) is 11.6. The minimum absolute atomic E-state index is 0.205. The topological polar surface area (TPSA) is 65.9 Å². The molecule has 2 atom stereocenters. The van der Waals surface area contributed by atoms with Crippen LogP contribution in [0.25, 0.3) is 10.9 Å². The molecule has 1 fully saturated rings. The van der Waals surface area contributed by atoms with Gasteiger partial charge in [0, 0.05) is 24.5 Å². The van der Waals surface area contributed by atoms with Crippen LogP contribution >= 0.6 is 0 Å². The van der Waals surface area contributed by atoms with Gasteiger partial charge in [-0.05, 0) is 31.4 Å². The Balaban J connectivity index is 1.99. The van der Waals surface area contributed by atoms with Crippen molar-refractivity contribution in [3.8, 4) is 6.07 Å². The van der Waals surface area contributed by atoms with Gasteiger partial charge in [-0.15, -0.1) is 0 Å². The van der Waals surface area contributed by atoms with Crippen molar-refractivity contribution in [3.63, 3.8) is 0 Å². The van der Waals surface area contributed by atoms with E-state index in [2.05, 4.69) is 17.9 Å². The lowest BCUT2D eigenvalue weighted by Gasteiger charge is -2.19. The Morgan fingerprint density at radius 1 is 1.45 bits per heavy atom. The van der Waals surface area contributed by atoms with Crippen molar-refractivity contribution in [1.29, 1.82) is 5.26 Å². The van der Waals surface area contributed by atoms with E-state index in [1.54, 1.807) is 0 Å². The molecule has 2 N–H and O–H groups in total. The van der Waals surface area contributed by atoms with E-state index in [9.17, 15) is 5.26 Å². The Morgan fingerprint density at radius 2 is 2.25 bits per heavy atom. The second kappa shape index (κ2) is 5.10. The van der Waals surface area contributed by atoms with E-state index < -0.39 is 0 Å². The summed E-state index contributed by atoms with van der Waals surface area (Å²) in [6.07, 6.45) is 1.09. The van der Waals surface area contributed by atoms with Crippen LogP contribution in [0.3, 0.4) is 0 Å². The fourth-order valence-corrected chi connectivity index (χ4v) is 2.84. The number of nitriles is 1. The second-order valence-electron chi connectivity index (χ2n) is 5.51. The van der Waals surface area contributed by atoms with Crippen LogP contribution in [0, 0.1) is 17.2 Å². The van der Waals surface area contributed by atoms with Gasteiger partial charge in [0.1, 0.15) is 5.82 Å². The van der Waals surface area contributed by atoms with Crippen LogP contribution < -0.4 is 10.6 Å². The number of aromatic nitrogens is 1. The molecular weight excluding hydrogens is 248 g/mol. The highest BCUT2D eigenvalue weighted by Gasteiger charge is 2.26. The molecule has 1 aliphatic rings. The van der Waals surface area contributed by atoms with Crippen LogP contribution in [0.15, 0.2) is 30.3 Å². The van der Waals surface area contributed by atoms with Crippen LogP contribution in [0.2, 0.25) is 0 Å². The molecule has 0 aliphatic carbocycles. The van der Waals surface area contributed by atoms with Crippen molar-refractivity contribution in [2.75, 3.05) is 18.0 Å². The van der Waals surface area contributed by atoms with Gasteiger partial charge in [-0.25, -0.2) is 4.98 Å². The molecule has 3 rings (SSSR count). The van der Waals surface area contributed by atoms with Crippen molar-refractivity contribution in [1.82, 2.24) is 4.98 Å². The minimum Gasteiger partial charge on any atom is -0.356 e. The standard InChI is InChI=1S/C16H18N4/c1-11(18)12-6-7-20(10-12)16-8-13(9-17)14-4-2-3-5-15(14)19-16/h2-5,8,11-12H,6-7,10,18H2,1H3. The zero-order chi connectivity index (χ0) is 14.1. The van der Waals surface area contributed by atoms with Crippen molar-refractivity contribution in [2.45, 2.75) is 19.4 Å². The predicted octanol–water partition coefficient (Wildman–Crippen LogP) is 2.28. The molecule has 2 heterocycles. The first-order chi connectivity index (χ1) is 9.69. The van der Waals surface area contributed by atoms with Crippen LogP contribution in [0.5, 0.6) is 0 Å². The highest BCUT2D eigenvalue weighted by molar-refractivity contribution is 5.86. The molecule has 0 bridgehead atoms. The third-order valence-corrected chi connectivity index (χ3v) is 4.12. The summed E-state index contributed by atoms with van der Waals surface area (Å²) in [6.45, 7) is 3.94. The third-order valence-electron chi connectivity index (χ3n) is 4.12. The zero-order valence-corrected chi connectivity index (χ0v) is 11.6. The van der Waals surface area contributed by atoms with E-state index >= 15 is 0 Å². The van der Waals surface area contributed by atoms with E-state index in [0.29, 0.717) is 11.5 Å². The van der Waals surface area contributed by atoms with Gasteiger partial charge in [-0.2, -0.15) is 5.26 Å². The SMILES string of the molecule is CC(N)C1CCN(c2cc(C#N)c3ccccc3n2)C1. The first kappa shape index (κ1) is 12.9. The minimum atomic E-state index is 0.205. The van der Waals surface area contributed by atoms with E-state index in [4.69, 9.17) is 10.7 Å². The smallest absolute Gasteiger partial charge is 0.130 e. The lowest BCUT2D eigenvalue weighted by Crippen LogP contribution is -2.30. The van der Waals surface area contributed by atoms with Crippen LogP contribution in [-0.2, 0) is 0 Å². The Kier molecular flexibility index (Phi) is 3.29. The van der Waals surface area contributed by atoms with E-state index in [0.717, 1.165) is 36.2 Å². The summed E-state index contributed by atoms with van der Waals surface area (Å²) in [5.74, 6) is 1.40. The van der Waals surface area contributed by atoms with Crippen molar-refractivity contribution < 1.29 is 0 Å². The predicted molar refractivity (Wildman–Crippen MR) is 80.4 cm³/mol. The van der Waals surface area contributed by atoms with Gasteiger partial charge in [0.05, 0.1) is 17.1 Å². The highest BCUT2D eigenvalue weighted by atomic mass is 15.2. The quantitative estimate of drug-likeness (QED) is 0.905. The molecule has 1 saturated heterocycles. The molecule has 0 radical (unpaired) electrons. The number of fused-ring (bicyclic) bond motifs is 1. The number of hydrogen-bond donors (Lipinski definition) is 1. The fraction of sp³-hybridized carbons (Fsp3) is 0.375. The third kappa shape index (κ3) is 2.21. The number of nitrogens with two attached hydrogens (primary N) is 1. The van der Waals surface area contributed by atoms with Gasteiger partial charge >= 0.3 is 0 Å². The molecular formula is C16H18N4. The molecule has 0 spiro atoms. The number of hydrogen-bond acceptors (Lipinski definition) is 4. The molecule has 0 amide bonds. The maximum Gasteiger partial charge on any atom is 0.130 e. The molecule has 1 aromatic heterocycles. The Labute approximate surface area is 118 Å². The second-order valence-corrected chi connectivity index (χ2v) is 5.51. The highest BCUT2D eigenvalue weighted by Crippen LogP contribution is 2.27. The molecule has 20 heavy (non-hydrogen) atoms. The summed E-state index contributed by atoms with van der Waals surface area (Å²) in [5.41, 5.74) is 7.56. The average Bonchev–Trinajstić information content (AvgIpc) is 2.96. The lowest BCUT2D eigenvalue weighted by atomic mass is 10.0. The molecule has 1 aromatic carbocycles. The molecule has 4 nitrogen and oxygen atoms in total. The maximum atomic E-state index is 9.33. The molecule has 2 aromatic rings. The first-order valence-electron chi connectivity index (χ1n) is 6.99. The summed E-state index contributed by atoms with van der Waals surface area (Å²) in [5, 5.41) is 10.2. The number of rotatable bonds is 2. The molecule has 4 heteroatoms. The molecule has 102 valence electrons. The van der Waals surface area contributed by atoms with E-state index in [1.165, 1.54) is 0 Å². The molecule has 2 unspecified atom stereocenters. The van der Waals surface area contributed by atoms with Gasteiger partial charge < -0.3 is 10.6 Å². The summed E-state index contributed by atoms with van der Waals surface area (Å²) in [4.78, 5) is 6.93. The summed E-state index contributed by atoms with van der Waals surface area (Å²) in [7, 11) is 0. The Morgan fingerprint density at radius 3 is 2.95 bits per heavy atom. The molecule has 0 saturated carbocycles. The number of nitrogens with zero attached hydrogens (tertiary/aromatic N) is 3. The van der Waals surface area contributed by atoms with E-state index in [1.807, 2.05) is 30.3 Å². The van der Waals surface area contributed by atoms with Gasteiger partial charge in [-0.3, -0.25) is 0 Å². The Hall–Kier alpha value is -2.12. The number of anilines is 1. The fourth-order valence-electron chi connectivity index (χ4n) is 2.84. The van der Waals surface area contributed by atoms with Crippen LogP contribution in [0.1, 0.15) is 18.9 Å². The van der Waals surface area contributed by atoms with Gasteiger partial charge in [0.2, 0.25) is 0 Å². The van der Waals surface area contributed by atoms with Crippen LogP contribution in [-0.4, -0.2) is 24.1 Å². The first-order valence-corrected chi connectivity index (χ1v) is 6.99. The summed E-state index contributed by atoms with van der Waals surface area (Å²) >= 11 is 0. The number of para-hydroxylation sites is 1. The van der Waals surface area contributed by atoms with Crippen molar-refractivity contribution >= 4 is 16.7 Å². The number of benzene rings is 1. The van der Waals surface area contributed by atoms with E-state index in [-0.39, 0.29) is 6.04 Å². The maximum absolute atomic E-state index is 9.33. The largest absolute Gasteiger partial charge is 0.356 e. The van der Waals surface area contributed by atoms with Crippen molar-refractivity contribution in [3.05, 3.63) is 35.9 Å². The van der Waals surface area contributed by atoms with Gasteiger partial charge in [0.25, 0.3) is 0 Å². The van der Waals surface area contributed by atoms with Crippen molar-refractivity contribution in [2.24, 2.45) is 11.7 Å². The van der Waals surface area contributed by atoms with Crippen LogP contribution in [0.4, 0.5) is 5.82 Å². The van der Waals surface area contributed by atoms with Gasteiger partial charge in [-0.1, -0.05) is 18.2 Å². The lowest BCUT2D eigenvalue weighted by molar-refractivity contribution is 0.488. The summed E-state index contributed by atoms with van der Waals surface area (Å²) in [6, 6.07) is 12.2. The molecule has 1 aliphatic heterocycles. The number of pyridine rings is 1. The average molecular weight is 266 g/mol. The Bertz CT molecular complexity index is 672. The monoisotopic (exact) mass is 266 g/mol.